The molecule has 6 heteroatoms. The molecule has 1 fully saturated rings. The summed E-state index contributed by atoms with van der Waals surface area (Å²) in [6, 6.07) is 8.04. The van der Waals surface area contributed by atoms with Crippen molar-refractivity contribution in [3.8, 4) is 5.75 Å². The van der Waals surface area contributed by atoms with E-state index in [0.29, 0.717) is 6.54 Å². The molecule has 1 aromatic carbocycles. The number of ether oxygens (including phenoxy) is 1. The topological polar surface area (TPSA) is 48.1 Å². The number of piperazine rings is 1. The lowest BCUT2D eigenvalue weighted by Crippen LogP contribution is -2.52. The van der Waals surface area contributed by atoms with Crippen LogP contribution in [0.3, 0.4) is 0 Å². The van der Waals surface area contributed by atoms with Crippen LogP contribution in [0.1, 0.15) is 12.0 Å². The van der Waals surface area contributed by atoms with E-state index in [9.17, 15) is 4.79 Å². The second kappa shape index (κ2) is 10.3. The van der Waals surface area contributed by atoms with Gasteiger partial charge in [0.1, 0.15) is 5.75 Å². The molecule has 0 spiro atoms. The van der Waals surface area contributed by atoms with Crippen LogP contribution < -0.4 is 10.1 Å². The zero-order valence-electron chi connectivity index (χ0n) is 15.8. The second-order valence-electron chi connectivity index (χ2n) is 6.82. The number of carbonyl (C=O) groups excluding carboxylic acids is 1. The summed E-state index contributed by atoms with van der Waals surface area (Å²) < 4.78 is 5.15. The van der Waals surface area contributed by atoms with Gasteiger partial charge in [0.25, 0.3) is 0 Å². The van der Waals surface area contributed by atoms with Gasteiger partial charge in [-0.1, -0.05) is 12.1 Å². The molecule has 0 saturated carbocycles. The van der Waals surface area contributed by atoms with Crippen molar-refractivity contribution in [1.29, 1.82) is 0 Å². The summed E-state index contributed by atoms with van der Waals surface area (Å²) in [5, 5.41) is 3.03. The number of rotatable bonds is 8. The van der Waals surface area contributed by atoms with Gasteiger partial charge in [-0.05, 0) is 57.7 Å². The molecule has 140 valence electrons. The van der Waals surface area contributed by atoms with Gasteiger partial charge in [-0.3, -0.25) is 4.90 Å². The maximum Gasteiger partial charge on any atom is 0.317 e. The first-order valence-electron chi connectivity index (χ1n) is 9.11. The highest BCUT2D eigenvalue weighted by Crippen LogP contribution is 2.11. The molecule has 1 N–H and O–H groups in total. The van der Waals surface area contributed by atoms with E-state index >= 15 is 0 Å². The summed E-state index contributed by atoms with van der Waals surface area (Å²) in [7, 11) is 5.87. The first kappa shape index (κ1) is 19.5. The van der Waals surface area contributed by atoms with Gasteiger partial charge in [0.15, 0.2) is 0 Å². The SMILES string of the molecule is COc1ccc(CCNC(=O)N2CCN(CCCN(C)C)CC2)cc1. The molecule has 0 atom stereocenters. The minimum Gasteiger partial charge on any atom is -0.497 e. The van der Waals surface area contributed by atoms with Crippen LogP contribution in [0.25, 0.3) is 0 Å². The molecule has 6 nitrogen and oxygen atoms in total. The maximum atomic E-state index is 12.3. The van der Waals surface area contributed by atoms with Crippen LogP contribution in [-0.4, -0.2) is 87.7 Å². The lowest BCUT2D eigenvalue weighted by atomic mass is 10.1. The average Bonchev–Trinajstić information content (AvgIpc) is 2.62. The van der Waals surface area contributed by atoms with Crippen molar-refractivity contribution in [2.24, 2.45) is 0 Å². The Hall–Kier alpha value is -1.79. The summed E-state index contributed by atoms with van der Waals surface area (Å²) in [6.07, 6.45) is 2.02. The van der Waals surface area contributed by atoms with Crippen LogP contribution in [-0.2, 0) is 6.42 Å². The summed E-state index contributed by atoms with van der Waals surface area (Å²) in [6.45, 7) is 6.47. The molecule has 1 saturated heterocycles. The number of nitrogens with one attached hydrogen (secondary N) is 1. The fourth-order valence-electron chi connectivity index (χ4n) is 3.00. The number of benzene rings is 1. The molecule has 1 aromatic rings. The second-order valence-corrected chi connectivity index (χ2v) is 6.82. The molecule has 2 rings (SSSR count). The predicted octanol–water partition coefficient (Wildman–Crippen LogP) is 1.52. The number of carbonyl (C=O) groups is 1. The molecule has 0 unspecified atom stereocenters. The Balaban J connectivity index is 1.61. The Labute approximate surface area is 151 Å². The normalized spacial score (nSPS) is 15.4. The molecule has 25 heavy (non-hydrogen) atoms. The summed E-state index contributed by atoms with van der Waals surface area (Å²) in [5.74, 6) is 0.858. The Bertz CT molecular complexity index is 511. The molecule has 0 bridgehead atoms. The van der Waals surface area contributed by atoms with Crippen molar-refractivity contribution in [3.63, 3.8) is 0 Å². The Morgan fingerprint density at radius 1 is 1.16 bits per heavy atom. The van der Waals surface area contributed by atoms with Crippen molar-refractivity contribution < 1.29 is 9.53 Å². The molecule has 1 heterocycles. The summed E-state index contributed by atoms with van der Waals surface area (Å²) in [5.41, 5.74) is 1.20. The third-order valence-corrected chi connectivity index (χ3v) is 4.59. The van der Waals surface area contributed by atoms with Crippen LogP contribution in [0.4, 0.5) is 4.79 Å². The highest BCUT2D eigenvalue weighted by Gasteiger charge is 2.20. The number of amides is 2. The number of nitrogens with zero attached hydrogens (tertiary/aromatic N) is 3. The third-order valence-electron chi connectivity index (χ3n) is 4.59. The van der Waals surface area contributed by atoms with E-state index in [1.807, 2.05) is 29.2 Å². The van der Waals surface area contributed by atoms with E-state index in [2.05, 4.69) is 29.2 Å². The van der Waals surface area contributed by atoms with E-state index < -0.39 is 0 Å². The monoisotopic (exact) mass is 348 g/mol. The number of hydrogen-bond acceptors (Lipinski definition) is 4. The van der Waals surface area contributed by atoms with Crippen molar-refractivity contribution in [2.75, 3.05) is 67.0 Å². The zero-order valence-corrected chi connectivity index (χ0v) is 15.8. The Morgan fingerprint density at radius 3 is 2.44 bits per heavy atom. The molecular weight excluding hydrogens is 316 g/mol. The summed E-state index contributed by atoms with van der Waals surface area (Å²) >= 11 is 0. The third kappa shape index (κ3) is 6.92. The lowest BCUT2D eigenvalue weighted by molar-refractivity contribution is 0.136. The van der Waals surface area contributed by atoms with E-state index in [1.54, 1.807) is 7.11 Å². The van der Waals surface area contributed by atoms with E-state index in [0.717, 1.165) is 51.4 Å². The van der Waals surface area contributed by atoms with Crippen LogP contribution in [0, 0.1) is 0 Å². The molecule has 0 aliphatic carbocycles. The highest BCUT2D eigenvalue weighted by atomic mass is 16.5. The Morgan fingerprint density at radius 2 is 1.84 bits per heavy atom. The average molecular weight is 348 g/mol. The van der Waals surface area contributed by atoms with Crippen molar-refractivity contribution in [3.05, 3.63) is 29.8 Å². The van der Waals surface area contributed by atoms with Gasteiger partial charge in [-0.15, -0.1) is 0 Å². The van der Waals surface area contributed by atoms with Gasteiger partial charge >= 0.3 is 6.03 Å². The smallest absolute Gasteiger partial charge is 0.317 e. The zero-order chi connectivity index (χ0) is 18.1. The number of urea groups is 1. The quantitative estimate of drug-likeness (QED) is 0.774. The number of methoxy groups -OCH3 is 1. The fourth-order valence-corrected chi connectivity index (χ4v) is 3.00. The molecule has 2 amide bonds. The van der Waals surface area contributed by atoms with Crippen LogP contribution in [0.2, 0.25) is 0 Å². The van der Waals surface area contributed by atoms with Gasteiger partial charge in [-0.2, -0.15) is 0 Å². The minimum absolute atomic E-state index is 0.0569. The van der Waals surface area contributed by atoms with Crippen LogP contribution in [0.5, 0.6) is 5.75 Å². The Kier molecular flexibility index (Phi) is 8.01. The van der Waals surface area contributed by atoms with E-state index in [4.69, 9.17) is 4.74 Å². The molecular formula is C19H32N4O2. The molecule has 1 aliphatic rings. The molecule has 0 aromatic heterocycles. The fraction of sp³-hybridized carbons (Fsp3) is 0.632. The first-order valence-corrected chi connectivity index (χ1v) is 9.11. The van der Waals surface area contributed by atoms with Gasteiger partial charge in [0, 0.05) is 32.7 Å². The number of hydrogen-bond donors (Lipinski definition) is 1. The summed E-state index contributed by atoms with van der Waals surface area (Å²) in [4.78, 5) is 18.9. The first-order chi connectivity index (χ1) is 12.1. The van der Waals surface area contributed by atoms with Crippen LogP contribution in [0.15, 0.2) is 24.3 Å². The van der Waals surface area contributed by atoms with E-state index in [1.165, 1.54) is 12.0 Å². The maximum absolute atomic E-state index is 12.3. The highest BCUT2D eigenvalue weighted by molar-refractivity contribution is 5.74. The van der Waals surface area contributed by atoms with Crippen molar-refractivity contribution in [2.45, 2.75) is 12.8 Å². The van der Waals surface area contributed by atoms with Gasteiger partial charge in [0.2, 0.25) is 0 Å². The molecule has 0 radical (unpaired) electrons. The van der Waals surface area contributed by atoms with Crippen LogP contribution >= 0.6 is 0 Å². The van der Waals surface area contributed by atoms with Gasteiger partial charge in [-0.25, -0.2) is 4.79 Å². The largest absolute Gasteiger partial charge is 0.497 e. The minimum atomic E-state index is 0.0569. The van der Waals surface area contributed by atoms with Crippen molar-refractivity contribution >= 4 is 6.03 Å². The predicted molar refractivity (Wildman–Crippen MR) is 101 cm³/mol. The molecule has 1 aliphatic heterocycles. The standard InChI is InChI=1S/C19H32N4O2/c1-21(2)11-4-12-22-13-15-23(16-14-22)19(24)20-10-9-17-5-7-18(25-3)8-6-17/h5-8H,4,9-16H2,1-3H3,(H,20,24). The van der Waals surface area contributed by atoms with Gasteiger partial charge in [0.05, 0.1) is 7.11 Å². The lowest BCUT2D eigenvalue weighted by Gasteiger charge is -2.34. The van der Waals surface area contributed by atoms with Crippen molar-refractivity contribution in [1.82, 2.24) is 20.0 Å². The van der Waals surface area contributed by atoms with E-state index in [-0.39, 0.29) is 6.03 Å². The van der Waals surface area contributed by atoms with Gasteiger partial charge < -0.3 is 19.9 Å².